The van der Waals surface area contributed by atoms with E-state index in [1.807, 2.05) is 6.07 Å². The zero-order valence-corrected chi connectivity index (χ0v) is 12.6. The van der Waals surface area contributed by atoms with Crippen LogP contribution in [-0.4, -0.2) is 15.8 Å². The normalized spacial score (nSPS) is 10.9. The Balaban J connectivity index is 1.99. The number of aromatic nitrogens is 1. The van der Waals surface area contributed by atoms with Crippen molar-refractivity contribution in [2.24, 2.45) is 0 Å². The SMILES string of the molecule is Cc1cc(C)c(CNC(=O)/C=C/c2ccc([N+](=O)[O-])o2)c(=O)[nH]1. The molecule has 0 aliphatic carbocycles. The molecule has 2 N–H and O–H groups in total. The topological polar surface area (TPSA) is 118 Å². The number of pyridine rings is 1. The molecule has 120 valence electrons. The van der Waals surface area contributed by atoms with Crippen LogP contribution >= 0.6 is 0 Å². The Morgan fingerprint density at radius 3 is 2.78 bits per heavy atom. The fraction of sp³-hybridized carbons (Fsp3) is 0.200. The van der Waals surface area contributed by atoms with Crippen LogP contribution in [0.3, 0.4) is 0 Å². The summed E-state index contributed by atoms with van der Waals surface area (Å²) in [5.74, 6) is -0.647. The first-order chi connectivity index (χ1) is 10.9. The highest BCUT2D eigenvalue weighted by molar-refractivity contribution is 5.91. The van der Waals surface area contributed by atoms with Crippen molar-refractivity contribution >= 4 is 17.9 Å². The van der Waals surface area contributed by atoms with Crippen LogP contribution in [0.2, 0.25) is 0 Å². The Morgan fingerprint density at radius 1 is 1.43 bits per heavy atom. The number of furan rings is 1. The molecule has 0 bridgehead atoms. The van der Waals surface area contributed by atoms with Gasteiger partial charge in [0.2, 0.25) is 5.91 Å². The maximum atomic E-state index is 11.8. The molecule has 0 saturated heterocycles. The lowest BCUT2D eigenvalue weighted by molar-refractivity contribution is -0.402. The lowest BCUT2D eigenvalue weighted by Gasteiger charge is -2.06. The maximum Gasteiger partial charge on any atom is 0.433 e. The van der Waals surface area contributed by atoms with Crippen molar-refractivity contribution in [2.45, 2.75) is 20.4 Å². The van der Waals surface area contributed by atoms with E-state index >= 15 is 0 Å². The summed E-state index contributed by atoms with van der Waals surface area (Å²) in [5.41, 5.74) is 1.78. The molecule has 2 rings (SSSR count). The molecule has 0 aliphatic heterocycles. The van der Waals surface area contributed by atoms with Gasteiger partial charge in [-0.2, -0.15) is 0 Å². The molecule has 0 spiro atoms. The predicted molar refractivity (Wildman–Crippen MR) is 82.8 cm³/mol. The van der Waals surface area contributed by atoms with Crippen molar-refractivity contribution < 1.29 is 14.1 Å². The average molecular weight is 317 g/mol. The van der Waals surface area contributed by atoms with Gasteiger partial charge >= 0.3 is 5.88 Å². The van der Waals surface area contributed by atoms with E-state index in [0.29, 0.717) is 5.56 Å². The molecule has 0 saturated carbocycles. The fourth-order valence-corrected chi connectivity index (χ4v) is 2.02. The molecular formula is C15H15N3O5. The van der Waals surface area contributed by atoms with Gasteiger partial charge in [0, 0.05) is 23.9 Å². The Labute approximate surface area is 131 Å². The number of hydrogen-bond acceptors (Lipinski definition) is 5. The quantitative estimate of drug-likeness (QED) is 0.495. The molecule has 8 heteroatoms. The smallest absolute Gasteiger partial charge is 0.401 e. The molecule has 2 heterocycles. The van der Waals surface area contributed by atoms with Gasteiger partial charge in [-0.3, -0.25) is 19.7 Å². The first-order valence-corrected chi connectivity index (χ1v) is 6.76. The zero-order valence-electron chi connectivity index (χ0n) is 12.6. The highest BCUT2D eigenvalue weighted by atomic mass is 16.6. The van der Waals surface area contributed by atoms with Gasteiger partial charge in [0.25, 0.3) is 5.56 Å². The maximum absolute atomic E-state index is 11.8. The number of nitrogens with one attached hydrogen (secondary N) is 2. The number of aromatic amines is 1. The number of carbonyl (C=O) groups is 1. The molecule has 2 aromatic heterocycles. The van der Waals surface area contributed by atoms with Crippen LogP contribution in [0.4, 0.5) is 5.88 Å². The number of rotatable bonds is 5. The number of nitro groups is 1. The number of nitrogens with zero attached hydrogens (tertiary/aromatic N) is 1. The zero-order chi connectivity index (χ0) is 17.0. The second-order valence-corrected chi connectivity index (χ2v) is 4.93. The van der Waals surface area contributed by atoms with Crippen molar-refractivity contribution in [3.8, 4) is 0 Å². The first-order valence-electron chi connectivity index (χ1n) is 6.76. The molecule has 0 radical (unpaired) electrons. The minimum Gasteiger partial charge on any atom is -0.401 e. The van der Waals surface area contributed by atoms with Crippen LogP contribution in [0.25, 0.3) is 6.08 Å². The predicted octanol–water partition coefficient (Wildman–Crippen LogP) is 1.82. The second kappa shape index (κ2) is 6.73. The summed E-state index contributed by atoms with van der Waals surface area (Å²) in [6.07, 6.45) is 2.49. The van der Waals surface area contributed by atoms with Crippen molar-refractivity contribution in [3.05, 3.63) is 67.3 Å². The third-order valence-electron chi connectivity index (χ3n) is 3.12. The Hall–Kier alpha value is -3.16. The van der Waals surface area contributed by atoms with Crippen LogP contribution in [0.1, 0.15) is 22.6 Å². The Kier molecular flexibility index (Phi) is 4.75. The molecule has 23 heavy (non-hydrogen) atoms. The van der Waals surface area contributed by atoms with Crippen molar-refractivity contribution in [2.75, 3.05) is 0 Å². The Morgan fingerprint density at radius 2 is 2.17 bits per heavy atom. The third-order valence-corrected chi connectivity index (χ3v) is 3.12. The molecule has 0 fully saturated rings. The van der Waals surface area contributed by atoms with Gasteiger partial charge in [-0.25, -0.2) is 0 Å². The minimum atomic E-state index is -0.663. The summed E-state index contributed by atoms with van der Waals surface area (Å²) in [5, 5.41) is 13.1. The van der Waals surface area contributed by atoms with Crippen LogP contribution < -0.4 is 10.9 Å². The summed E-state index contributed by atoms with van der Waals surface area (Å²) in [4.78, 5) is 36.0. The van der Waals surface area contributed by atoms with Crippen LogP contribution in [0.5, 0.6) is 0 Å². The average Bonchev–Trinajstić information content (AvgIpc) is 2.93. The van der Waals surface area contributed by atoms with E-state index in [4.69, 9.17) is 4.42 Å². The van der Waals surface area contributed by atoms with Gasteiger partial charge in [-0.15, -0.1) is 0 Å². The van der Waals surface area contributed by atoms with Crippen molar-refractivity contribution in [1.29, 1.82) is 0 Å². The summed E-state index contributed by atoms with van der Waals surface area (Å²) in [7, 11) is 0. The lowest BCUT2D eigenvalue weighted by Crippen LogP contribution is -2.26. The van der Waals surface area contributed by atoms with Gasteiger partial charge in [-0.05, 0) is 37.6 Å². The molecule has 0 aromatic carbocycles. The van der Waals surface area contributed by atoms with E-state index in [2.05, 4.69) is 10.3 Å². The van der Waals surface area contributed by atoms with E-state index in [1.165, 1.54) is 24.3 Å². The Bertz CT molecular complexity index is 832. The largest absolute Gasteiger partial charge is 0.433 e. The highest BCUT2D eigenvalue weighted by Gasteiger charge is 2.10. The van der Waals surface area contributed by atoms with Crippen LogP contribution in [0, 0.1) is 24.0 Å². The number of H-pyrrole nitrogens is 1. The van der Waals surface area contributed by atoms with Gasteiger partial charge in [0.05, 0.1) is 6.07 Å². The van der Waals surface area contributed by atoms with Gasteiger partial charge in [-0.1, -0.05) is 0 Å². The fourth-order valence-electron chi connectivity index (χ4n) is 2.02. The van der Waals surface area contributed by atoms with Crippen molar-refractivity contribution in [3.63, 3.8) is 0 Å². The minimum absolute atomic E-state index is 0.0862. The first kappa shape index (κ1) is 16.2. The van der Waals surface area contributed by atoms with E-state index in [9.17, 15) is 19.7 Å². The standard InChI is InChI=1S/C15H15N3O5/c1-9-7-10(2)17-15(20)12(9)8-16-13(19)5-3-11-4-6-14(23-11)18(21)22/h3-7H,8H2,1-2H3,(H,16,19)(H,17,20)/b5-3+. The van der Waals surface area contributed by atoms with E-state index in [0.717, 1.165) is 11.3 Å². The number of aryl methyl sites for hydroxylation is 2. The molecule has 1 amide bonds. The highest BCUT2D eigenvalue weighted by Crippen LogP contribution is 2.16. The van der Waals surface area contributed by atoms with Gasteiger partial charge < -0.3 is 14.7 Å². The van der Waals surface area contributed by atoms with Gasteiger partial charge in [0.15, 0.2) is 0 Å². The summed E-state index contributed by atoms with van der Waals surface area (Å²) < 4.78 is 4.89. The molecule has 0 unspecified atom stereocenters. The lowest BCUT2D eigenvalue weighted by atomic mass is 10.1. The van der Waals surface area contributed by atoms with Crippen LogP contribution in [-0.2, 0) is 11.3 Å². The van der Waals surface area contributed by atoms with Crippen LogP contribution in [0.15, 0.2) is 33.5 Å². The molecule has 0 aliphatic rings. The summed E-state index contributed by atoms with van der Waals surface area (Å²) >= 11 is 0. The molecule has 0 atom stereocenters. The second-order valence-electron chi connectivity index (χ2n) is 4.93. The van der Waals surface area contributed by atoms with E-state index in [1.54, 1.807) is 13.8 Å². The number of hydrogen-bond donors (Lipinski definition) is 2. The molecular weight excluding hydrogens is 302 g/mol. The van der Waals surface area contributed by atoms with E-state index < -0.39 is 16.7 Å². The summed E-state index contributed by atoms with van der Waals surface area (Å²) in [6.45, 7) is 3.66. The molecule has 8 nitrogen and oxygen atoms in total. The van der Waals surface area contributed by atoms with Crippen molar-refractivity contribution in [1.82, 2.24) is 10.3 Å². The third kappa shape index (κ3) is 4.16. The van der Waals surface area contributed by atoms with E-state index in [-0.39, 0.29) is 17.9 Å². The number of carbonyl (C=O) groups excluding carboxylic acids is 1. The molecule has 2 aromatic rings. The van der Waals surface area contributed by atoms with Gasteiger partial charge in [0.1, 0.15) is 10.7 Å². The summed E-state index contributed by atoms with van der Waals surface area (Å²) in [6, 6.07) is 4.41. The monoisotopic (exact) mass is 317 g/mol. The number of amides is 1.